The van der Waals surface area contributed by atoms with E-state index < -0.39 is 23.3 Å². The largest absolute Gasteiger partial charge is 0.481 e. The van der Waals surface area contributed by atoms with Crippen molar-refractivity contribution in [3.8, 4) is 0 Å². The molecule has 2 atom stereocenters. The number of rotatable bonds is 30. The van der Waals surface area contributed by atoms with Gasteiger partial charge in [0.2, 0.25) is 0 Å². The maximum atomic E-state index is 12.5. The van der Waals surface area contributed by atoms with Gasteiger partial charge in [0.25, 0.3) is 0 Å². The third-order valence-electron chi connectivity index (χ3n) is 9.76. The predicted octanol–water partition coefficient (Wildman–Crippen LogP) is 12.2. The van der Waals surface area contributed by atoms with E-state index in [4.69, 9.17) is 4.98 Å². The zero-order chi connectivity index (χ0) is 34.3. The summed E-state index contributed by atoms with van der Waals surface area (Å²) in [6.45, 7) is 10.3. The number of aliphatic carboxylic acids is 2. The van der Waals surface area contributed by atoms with Crippen LogP contribution in [0.2, 0.25) is 0 Å². The number of unbranched alkanes of at least 4 members (excludes halogenated alkanes) is 17. The summed E-state index contributed by atoms with van der Waals surface area (Å²) in [5.74, 6) is -2.84. The SMILES string of the molecule is CCCCCCCCCCCCCCCCCCC(C)(C(=O)O)C(CSc1nc2c(N(CCCC)CCCC)cccc2s1)C(=O)O. The molecule has 0 aliphatic rings. The number of para-hydroxylation sites is 1. The van der Waals surface area contributed by atoms with Crippen molar-refractivity contribution in [1.82, 2.24) is 4.98 Å². The normalized spacial score (nSPS) is 13.5. The van der Waals surface area contributed by atoms with Crippen LogP contribution in [0.15, 0.2) is 22.5 Å². The highest BCUT2D eigenvalue weighted by Gasteiger charge is 2.45. The van der Waals surface area contributed by atoms with Gasteiger partial charge in [-0.05, 0) is 38.3 Å². The first-order valence-electron chi connectivity index (χ1n) is 19.0. The van der Waals surface area contributed by atoms with Crippen molar-refractivity contribution in [2.45, 2.75) is 167 Å². The fourth-order valence-corrected chi connectivity index (χ4v) is 8.84. The number of carbonyl (C=O) groups is 2. The third-order valence-corrected chi connectivity index (χ3v) is 12.0. The van der Waals surface area contributed by atoms with Crippen LogP contribution in [-0.4, -0.2) is 46.0 Å². The Balaban J connectivity index is 1.82. The van der Waals surface area contributed by atoms with E-state index in [-0.39, 0.29) is 5.75 Å². The van der Waals surface area contributed by atoms with Crippen molar-refractivity contribution in [3.05, 3.63) is 18.2 Å². The average molecular weight is 691 g/mol. The first kappa shape index (κ1) is 41.4. The lowest BCUT2D eigenvalue weighted by Gasteiger charge is -2.31. The van der Waals surface area contributed by atoms with Crippen LogP contribution in [0.3, 0.4) is 0 Å². The second-order valence-electron chi connectivity index (χ2n) is 13.8. The first-order valence-corrected chi connectivity index (χ1v) is 20.8. The molecule has 0 radical (unpaired) electrons. The molecular weight excluding hydrogens is 625 g/mol. The molecule has 268 valence electrons. The van der Waals surface area contributed by atoms with Gasteiger partial charge >= 0.3 is 11.9 Å². The molecule has 2 unspecified atom stereocenters. The van der Waals surface area contributed by atoms with E-state index in [1.807, 2.05) is 0 Å². The van der Waals surface area contributed by atoms with E-state index in [2.05, 4.69) is 43.9 Å². The van der Waals surface area contributed by atoms with Gasteiger partial charge in [-0.25, -0.2) is 4.98 Å². The maximum absolute atomic E-state index is 12.5. The zero-order valence-electron chi connectivity index (χ0n) is 30.2. The number of carboxylic acids is 2. The monoisotopic (exact) mass is 690 g/mol. The summed E-state index contributed by atoms with van der Waals surface area (Å²) >= 11 is 2.97. The minimum absolute atomic E-state index is 0.196. The number of hydrogen-bond donors (Lipinski definition) is 2. The highest BCUT2D eigenvalue weighted by molar-refractivity contribution is 8.01. The summed E-state index contributed by atoms with van der Waals surface area (Å²) in [5.41, 5.74) is 0.794. The summed E-state index contributed by atoms with van der Waals surface area (Å²) in [4.78, 5) is 32.4. The highest BCUT2D eigenvalue weighted by atomic mass is 32.2. The molecule has 6 nitrogen and oxygen atoms in total. The molecule has 2 N–H and O–H groups in total. The Morgan fingerprint density at radius 2 is 1.26 bits per heavy atom. The van der Waals surface area contributed by atoms with E-state index >= 15 is 0 Å². The number of nitrogens with zero attached hydrogens (tertiary/aromatic N) is 2. The molecule has 47 heavy (non-hydrogen) atoms. The highest BCUT2D eigenvalue weighted by Crippen LogP contribution is 2.40. The zero-order valence-corrected chi connectivity index (χ0v) is 31.8. The van der Waals surface area contributed by atoms with Gasteiger partial charge in [0, 0.05) is 18.8 Å². The number of aromatic nitrogens is 1. The minimum Gasteiger partial charge on any atom is -0.481 e. The number of thioether (sulfide) groups is 1. The predicted molar refractivity (Wildman–Crippen MR) is 203 cm³/mol. The standard InChI is InChI=1S/C39H66N2O4S2/c1-5-8-11-12-13-14-15-16-17-18-19-20-21-22-23-24-28-39(4,37(44)45)32(36(42)43)31-46-38-40-35-33(26-25-27-34(35)47-38)41(29-9-6-2)30-10-7-3/h25-27,32H,5-24,28-31H2,1-4H3,(H,42,43)(H,44,45). The van der Waals surface area contributed by atoms with Gasteiger partial charge in [-0.1, -0.05) is 154 Å². The maximum Gasteiger partial charge on any atom is 0.310 e. The van der Waals surface area contributed by atoms with Crippen LogP contribution in [0.4, 0.5) is 5.69 Å². The second kappa shape index (κ2) is 24.4. The molecule has 8 heteroatoms. The molecule has 0 saturated heterocycles. The number of fused-ring (bicyclic) bond motifs is 1. The first-order chi connectivity index (χ1) is 22.8. The van der Waals surface area contributed by atoms with Crippen molar-refractivity contribution in [2.75, 3.05) is 23.7 Å². The molecule has 2 rings (SSSR count). The molecule has 1 heterocycles. The van der Waals surface area contributed by atoms with Crippen LogP contribution in [-0.2, 0) is 9.59 Å². The smallest absolute Gasteiger partial charge is 0.310 e. The Bertz CT molecular complexity index is 1130. The lowest BCUT2D eigenvalue weighted by molar-refractivity contribution is -0.160. The fourth-order valence-electron chi connectivity index (χ4n) is 6.43. The number of benzene rings is 1. The van der Waals surface area contributed by atoms with E-state index in [0.717, 1.165) is 78.3 Å². The lowest BCUT2D eigenvalue weighted by Crippen LogP contribution is -2.41. The van der Waals surface area contributed by atoms with Gasteiger partial charge in [0.15, 0.2) is 4.34 Å². The van der Waals surface area contributed by atoms with E-state index in [1.54, 1.807) is 18.3 Å². The van der Waals surface area contributed by atoms with Gasteiger partial charge < -0.3 is 15.1 Å². The Labute approximate surface area is 294 Å². The van der Waals surface area contributed by atoms with E-state index in [9.17, 15) is 19.8 Å². The fraction of sp³-hybridized carbons (Fsp3) is 0.769. The second-order valence-corrected chi connectivity index (χ2v) is 16.1. The quantitative estimate of drug-likeness (QED) is 0.0622. The number of hydrogen-bond acceptors (Lipinski definition) is 6. The van der Waals surface area contributed by atoms with Crippen molar-refractivity contribution >= 4 is 50.9 Å². The van der Waals surface area contributed by atoms with Gasteiger partial charge in [-0.15, -0.1) is 11.3 Å². The van der Waals surface area contributed by atoms with Gasteiger partial charge in [0.1, 0.15) is 5.52 Å². The topological polar surface area (TPSA) is 90.7 Å². The molecule has 0 saturated carbocycles. The van der Waals surface area contributed by atoms with Gasteiger partial charge in [-0.2, -0.15) is 0 Å². The molecule has 0 bridgehead atoms. The lowest BCUT2D eigenvalue weighted by atomic mass is 9.74. The van der Waals surface area contributed by atoms with Crippen molar-refractivity contribution in [1.29, 1.82) is 0 Å². The molecule has 0 aliphatic heterocycles. The summed E-state index contributed by atoms with van der Waals surface area (Å²) in [6, 6.07) is 6.29. The summed E-state index contributed by atoms with van der Waals surface area (Å²) in [7, 11) is 0. The Morgan fingerprint density at radius 3 is 1.72 bits per heavy atom. The molecule has 1 aromatic heterocycles. The average Bonchev–Trinajstić information content (AvgIpc) is 3.48. The molecule has 2 aromatic rings. The van der Waals surface area contributed by atoms with Crippen LogP contribution in [0.1, 0.15) is 163 Å². The van der Waals surface area contributed by atoms with Crippen LogP contribution in [0.25, 0.3) is 10.2 Å². The minimum atomic E-state index is -1.31. The Kier molecular flexibility index (Phi) is 21.4. The van der Waals surface area contributed by atoms with Crippen molar-refractivity contribution < 1.29 is 19.8 Å². The summed E-state index contributed by atoms with van der Waals surface area (Å²) < 4.78 is 1.89. The Hall–Kier alpha value is -1.80. The van der Waals surface area contributed by atoms with Crippen molar-refractivity contribution in [2.24, 2.45) is 11.3 Å². The number of anilines is 1. The molecule has 0 spiro atoms. The molecular formula is C39H66N2O4S2. The van der Waals surface area contributed by atoms with E-state index in [1.165, 1.54) is 95.2 Å². The summed E-state index contributed by atoms with van der Waals surface area (Å²) in [6.07, 6.45) is 25.0. The molecule has 1 aromatic carbocycles. The van der Waals surface area contributed by atoms with Gasteiger partial charge in [0.05, 0.1) is 21.7 Å². The van der Waals surface area contributed by atoms with Crippen molar-refractivity contribution in [3.63, 3.8) is 0 Å². The van der Waals surface area contributed by atoms with Gasteiger partial charge in [-0.3, -0.25) is 9.59 Å². The molecule has 0 amide bonds. The van der Waals surface area contributed by atoms with E-state index in [0.29, 0.717) is 6.42 Å². The summed E-state index contributed by atoms with van der Waals surface area (Å²) in [5, 5.41) is 20.4. The van der Waals surface area contributed by atoms with Crippen LogP contribution in [0, 0.1) is 11.3 Å². The third kappa shape index (κ3) is 15.1. The molecule has 0 fully saturated rings. The molecule has 0 aliphatic carbocycles. The number of carboxylic acid groups (broad SMARTS) is 2. The Morgan fingerprint density at radius 1 is 0.766 bits per heavy atom. The van der Waals surface area contributed by atoms with Crippen LogP contribution < -0.4 is 4.90 Å². The number of thiazole rings is 1. The van der Waals surface area contributed by atoms with Crippen LogP contribution >= 0.6 is 23.1 Å². The van der Waals surface area contributed by atoms with Crippen LogP contribution in [0.5, 0.6) is 0 Å².